The summed E-state index contributed by atoms with van der Waals surface area (Å²) in [6.07, 6.45) is 0. The standard InChI is InChI=1S/C22H22NO2/c1-22(2,3)21(25)19-14-13-16-9-7-8-12-18(16)23(19)15-20(24)17-10-5-4-6-11-17/h4-14H,15H2,1-3H3/q+1. The van der Waals surface area contributed by atoms with Crippen LogP contribution in [0.4, 0.5) is 0 Å². The van der Waals surface area contributed by atoms with Gasteiger partial charge in [-0.3, -0.25) is 9.59 Å². The van der Waals surface area contributed by atoms with Crippen LogP contribution < -0.4 is 4.57 Å². The molecule has 0 amide bonds. The molecule has 2 aromatic carbocycles. The number of carbonyl (C=O) groups is 2. The quantitative estimate of drug-likeness (QED) is 0.529. The van der Waals surface area contributed by atoms with Crippen LogP contribution in [0.3, 0.4) is 0 Å². The Balaban J connectivity index is 2.13. The second kappa shape index (κ2) is 6.60. The molecule has 3 aromatic rings. The zero-order chi connectivity index (χ0) is 18.0. The third-order valence-electron chi connectivity index (χ3n) is 4.25. The Bertz CT molecular complexity index is 937. The first kappa shape index (κ1) is 17.0. The summed E-state index contributed by atoms with van der Waals surface area (Å²) in [5.41, 5.74) is 1.59. The minimum absolute atomic E-state index is 0.00934. The highest BCUT2D eigenvalue weighted by molar-refractivity contribution is 5.99. The van der Waals surface area contributed by atoms with E-state index in [1.54, 1.807) is 12.1 Å². The van der Waals surface area contributed by atoms with Crippen LogP contribution in [0, 0.1) is 5.41 Å². The Morgan fingerprint density at radius 1 is 0.840 bits per heavy atom. The number of aromatic nitrogens is 1. The van der Waals surface area contributed by atoms with Gasteiger partial charge in [0.05, 0.1) is 0 Å². The molecule has 0 saturated heterocycles. The van der Waals surface area contributed by atoms with Crippen molar-refractivity contribution in [2.45, 2.75) is 27.3 Å². The highest BCUT2D eigenvalue weighted by Gasteiger charge is 2.32. The summed E-state index contributed by atoms with van der Waals surface area (Å²) in [6.45, 7) is 5.83. The van der Waals surface area contributed by atoms with Crippen LogP contribution in [-0.4, -0.2) is 11.6 Å². The molecule has 0 saturated carbocycles. The maximum absolute atomic E-state index is 12.9. The van der Waals surface area contributed by atoms with Crippen molar-refractivity contribution < 1.29 is 14.2 Å². The van der Waals surface area contributed by atoms with Gasteiger partial charge in [0.2, 0.25) is 29.3 Å². The first-order chi connectivity index (χ1) is 11.9. The van der Waals surface area contributed by atoms with Gasteiger partial charge in [0.1, 0.15) is 0 Å². The lowest BCUT2D eigenvalue weighted by atomic mass is 9.88. The average Bonchev–Trinajstić information content (AvgIpc) is 2.61. The van der Waals surface area contributed by atoms with Gasteiger partial charge >= 0.3 is 0 Å². The second-order valence-corrected chi connectivity index (χ2v) is 7.23. The molecule has 0 fully saturated rings. The summed E-state index contributed by atoms with van der Waals surface area (Å²) in [7, 11) is 0. The van der Waals surface area contributed by atoms with E-state index in [1.807, 2.05) is 79.9 Å². The lowest BCUT2D eigenvalue weighted by molar-refractivity contribution is -0.659. The molecule has 126 valence electrons. The molecule has 0 spiro atoms. The van der Waals surface area contributed by atoms with E-state index >= 15 is 0 Å². The van der Waals surface area contributed by atoms with E-state index in [9.17, 15) is 9.59 Å². The number of hydrogen-bond acceptors (Lipinski definition) is 2. The fourth-order valence-corrected chi connectivity index (χ4v) is 2.87. The SMILES string of the molecule is CC(C)(C)C(=O)c1ccc2ccccc2[n+]1CC(=O)c1ccccc1. The van der Waals surface area contributed by atoms with E-state index < -0.39 is 5.41 Å². The number of fused-ring (bicyclic) bond motifs is 1. The van der Waals surface area contributed by atoms with Crippen LogP contribution in [0.2, 0.25) is 0 Å². The summed E-state index contributed by atoms with van der Waals surface area (Å²) < 4.78 is 1.85. The zero-order valence-corrected chi connectivity index (χ0v) is 14.8. The van der Waals surface area contributed by atoms with Crippen molar-refractivity contribution in [3.63, 3.8) is 0 Å². The van der Waals surface area contributed by atoms with E-state index in [0.29, 0.717) is 11.3 Å². The summed E-state index contributed by atoms with van der Waals surface area (Å²) in [5, 5.41) is 1.01. The summed E-state index contributed by atoms with van der Waals surface area (Å²) in [4.78, 5) is 25.7. The third-order valence-corrected chi connectivity index (χ3v) is 4.25. The predicted octanol–water partition coefficient (Wildman–Crippen LogP) is 4.24. The molecule has 0 radical (unpaired) electrons. The number of nitrogens with zero attached hydrogens (tertiary/aromatic N) is 1. The van der Waals surface area contributed by atoms with Gasteiger partial charge in [-0.25, -0.2) is 0 Å². The van der Waals surface area contributed by atoms with Crippen molar-refractivity contribution in [3.8, 4) is 0 Å². The summed E-state index contributed by atoms with van der Waals surface area (Å²) in [5.74, 6) is 0.0176. The third kappa shape index (κ3) is 3.50. The van der Waals surface area contributed by atoms with E-state index in [4.69, 9.17) is 0 Å². The molecule has 3 rings (SSSR count). The number of benzene rings is 2. The Labute approximate surface area is 147 Å². The molecule has 3 heteroatoms. The Hall–Kier alpha value is -2.81. The first-order valence-electron chi connectivity index (χ1n) is 8.42. The molecular formula is C22H22NO2+. The first-order valence-corrected chi connectivity index (χ1v) is 8.42. The van der Waals surface area contributed by atoms with Crippen LogP contribution in [-0.2, 0) is 6.54 Å². The van der Waals surface area contributed by atoms with E-state index in [-0.39, 0.29) is 18.1 Å². The number of Topliss-reactive ketones (excluding diaryl/α,β-unsaturated/α-hetero) is 2. The van der Waals surface area contributed by atoms with Crippen molar-refractivity contribution in [2.75, 3.05) is 0 Å². The molecule has 25 heavy (non-hydrogen) atoms. The average molecular weight is 332 g/mol. The smallest absolute Gasteiger partial charge is 0.250 e. The molecule has 0 atom stereocenters. The van der Waals surface area contributed by atoms with Crippen molar-refractivity contribution >= 4 is 22.5 Å². The van der Waals surface area contributed by atoms with Gasteiger partial charge in [-0.1, -0.05) is 63.2 Å². The van der Waals surface area contributed by atoms with Crippen LogP contribution in [0.25, 0.3) is 10.9 Å². The number of para-hydroxylation sites is 1. The summed E-state index contributed by atoms with van der Waals surface area (Å²) in [6, 6.07) is 20.8. The Morgan fingerprint density at radius 3 is 2.16 bits per heavy atom. The van der Waals surface area contributed by atoms with Crippen molar-refractivity contribution in [3.05, 3.63) is 78.0 Å². The van der Waals surface area contributed by atoms with Gasteiger partial charge in [-0.05, 0) is 12.1 Å². The van der Waals surface area contributed by atoms with Gasteiger partial charge < -0.3 is 0 Å². The maximum atomic E-state index is 12.9. The van der Waals surface area contributed by atoms with E-state index in [1.165, 1.54) is 0 Å². The summed E-state index contributed by atoms with van der Waals surface area (Å²) >= 11 is 0. The number of ketones is 2. The molecular weight excluding hydrogens is 310 g/mol. The van der Waals surface area contributed by atoms with Gasteiger partial charge in [0.15, 0.2) is 0 Å². The largest absolute Gasteiger partial charge is 0.287 e. The highest BCUT2D eigenvalue weighted by atomic mass is 16.1. The monoisotopic (exact) mass is 332 g/mol. The minimum Gasteiger partial charge on any atom is -0.287 e. The molecule has 1 aromatic heterocycles. The van der Waals surface area contributed by atoms with Gasteiger partial charge in [0, 0.05) is 28.5 Å². The lowest BCUT2D eigenvalue weighted by Gasteiger charge is -2.16. The fraction of sp³-hybridized carbons (Fsp3) is 0.227. The molecule has 3 nitrogen and oxygen atoms in total. The molecule has 0 aliphatic carbocycles. The minimum atomic E-state index is -0.514. The number of carbonyl (C=O) groups excluding carboxylic acids is 2. The Morgan fingerprint density at radius 2 is 1.48 bits per heavy atom. The number of rotatable bonds is 4. The molecule has 1 heterocycles. The van der Waals surface area contributed by atoms with Crippen molar-refractivity contribution in [1.29, 1.82) is 0 Å². The van der Waals surface area contributed by atoms with Crippen molar-refractivity contribution in [1.82, 2.24) is 0 Å². The molecule has 0 aliphatic rings. The molecule has 0 unspecified atom stereocenters. The van der Waals surface area contributed by atoms with E-state index in [0.717, 1.165) is 10.9 Å². The van der Waals surface area contributed by atoms with Crippen LogP contribution in [0.5, 0.6) is 0 Å². The Kier molecular flexibility index (Phi) is 4.49. The van der Waals surface area contributed by atoms with E-state index in [2.05, 4.69) is 0 Å². The van der Waals surface area contributed by atoms with Crippen LogP contribution in [0.1, 0.15) is 41.6 Å². The topological polar surface area (TPSA) is 38.0 Å². The van der Waals surface area contributed by atoms with Gasteiger partial charge in [-0.15, -0.1) is 0 Å². The molecule has 0 bridgehead atoms. The highest BCUT2D eigenvalue weighted by Crippen LogP contribution is 2.21. The molecule has 0 N–H and O–H groups in total. The van der Waals surface area contributed by atoms with Gasteiger partial charge in [-0.2, -0.15) is 4.57 Å². The maximum Gasteiger partial charge on any atom is 0.250 e. The van der Waals surface area contributed by atoms with Crippen LogP contribution >= 0.6 is 0 Å². The van der Waals surface area contributed by atoms with Crippen molar-refractivity contribution in [2.24, 2.45) is 5.41 Å². The van der Waals surface area contributed by atoms with Crippen LogP contribution in [0.15, 0.2) is 66.7 Å². The predicted molar refractivity (Wildman–Crippen MR) is 98.7 cm³/mol. The second-order valence-electron chi connectivity index (χ2n) is 7.23. The lowest BCUT2D eigenvalue weighted by Crippen LogP contribution is -2.46. The normalized spacial score (nSPS) is 11.5. The number of pyridine rings is 1. The zero-order valence-electron chi connectivity index (χ0n) is 14.8. The fourth-order valence-electron chi connectivity index (χ4n) is 2.87. The number of hydrogen-bond donors (Lipinski definition) is 0. The molecule has 0 aliphatic heterocycles. The van der Waals surface area contributed by atoms with Gasteiger partial charge in [0.25, 0.3) is 0 Å².